The second-order valence-electron chi connectivity index (χ2n) is 6.25. The molecular formula is C20H23N3O3S. The van der Waals surface area contributed by atoms with E-state index in [1.165, 1.54) is 11.3 Å². The lowest BCUT2D eigenvalue weighted by molar-refractivity contribution is -0.120. The second kappa shape index (κ2) is 8.83. The number of carbonyl (C=O) groups is 1. The number of methoxy groups -OCH3 is 1. The van der Waals surface area contributed by atoms with E-state index >= 15 is 0 Å². The number of para-hydroxylation sites is 3. The summed E-state index contributed by atoms with van der Waals surface area (Å²) >= 11 is 1.51. The van der Waals surface area contributed by atoms with Crippen LogP contribution in [0.3, 0.4) is 0 Å². The number of benzene rings is 2. The first-order chi connectivity index (χ1) is 13.1. The molecule has 6 nitrogen and oxygen atoms in total. The van der Waals surface area contributed by atoms with Gasteiger partial charge in [-0.25, -0.2) is 4.98 Å². The Morgan fingerprint density at radius 1 is 1.04 bits per heavy atom. The van der Waals surface area contributed by atoms with Gasteiger partial charge in [-0.15, -0.1) is 0 Å². The highest BCUT2D eigenvalue weighted by molar-refractivity contribution is 7.22. The third-order valence-electron chi connectivity index (χ3n) is 4.01. The summed E-state index contributed by atoms with van der Waals surface area (Å²) in [7, 11) is 5.53. The topological polar surface area (TPSA) is 54.9 Å². The van der Waals surface area contributed by atoms with Gasteiger partial charge in [0, 0.05) is 13.1 Å². The van der Waals surface area contributed by atoms with Crippen LogP contribution in [0.25, 0.3) is 10.2 Å². The average Bonchev–Trinajstić information content (AvgIpc) is 3.10. The first-order valence-electron chi connectivity index (χ1n) is 8.65. The third kappa shape index (κ3) is 4.75. The molecule has 3 aromatic rings. The van der Waals surface area contributed by atoms with Crippen molar-refractivity contribution in [2.24, 2.45) is 0 Å². The van der Waals surface area contributed by atoms with E-state index in [9.17, 15) is 4.79 Å². The molecule has 0 fully saturated rings. The highest BCUT2D eigenvalue weighted by atomic mass is 32.1. The quantitative estimate of drug-likeness (QED) is 0.596. The van der Waals surface area contributed by atoms with Gasteiger partial charge in [0.25, 0.3) is 5.91 Å². The van der Waals surface area contributed by atoms with Crippen molar-refractivity contribution < 1.29 is 14.3 Å². The molecule has 0 unspecified atom stereocenters. The fourth-order valence-electron chi connectivity index (χ4n) is 2.56. The summed E-state index contributed by atoms with van der Waals surface area (Å²) in [6, 6.07) is 15.2. The highest BCUT2D eigenvalue weighted by Crippen LogP contribution is 2.29. The molecule has 0 aliphatic heterocycles. The van der Waals surface area contributed by atoms with E-state index in [-0.39, 0.29) is 12.5 Å². The number of anilines is 1. The van der Waals surface area contributed by atoms with Gasteiger partial charge in [0.15, 0.2) is 23.2 Å². The SMILES string of the molecule is COc1ccccc1OCC(=O)N(CCN(C)C)c1nc2ccccc2s1. The van der Waals surface area contributed by atoms with E-state index in [0.717, 1.165) is 16.8 Å². The van der Waals surface area contributed by atoms with Gasteiger partial charge in [-0.05, 0) is 38.4 Å². The predicted octanol–water partition coefficient (Wildman–Crippen LogP) is 3.28. The largest absolute Gasteiger partial charge is 0.493 e. The van der Waals surface area contributed by atoms with Crippen molar-refractivity contribution in [3.8, 4) is 11.5 Å². The van der Waals surface area contributed by atoms with Crippen LogP contribution < -0.4 is 14.4 Å². The summed E-state index contributed by atoms with van der Waals surface area (Å²) < 4.78 is 12.1. The van der Waals surface area contributed by atoms with Crippen LogP contribution in [0.5, 0.6) is 11.5 Å². The Kier molecular flexibility index (Phi) is 6.26. The molecular weight excluding hydrogens is 362 g/mol. The predicted molar refractivity (Wildman–Crippen MR) is 109 cm³/mol. The number of hydrogen-bond donors (Lipinski definition) is 0. The Labute approximate surface area is 162 Å². The molecule has 142 valence electrons. The van der Waals surface area contributed by atoms with Crippen molar-refractivity contribution in [3.05, 3.63) is 48.5 Å². The number of hydrogen-bond acceptors (Lipinski definition) is 6. The van der Waals surface area contributed by atoms with Gasteiger partial charge in [0.2, 0.25) is 0 Å². The summed E-state index contributed by atoms with van der Waals surface area (Å²) in [6.45, 7) is 1.20. The van der Waals surface area contributed by atoms with Gasteiger partial charge in [-0.2, -0.15) is 0 Å². The summed E-state index contributed by atoms with van der Waals surface area (Å²) in [6.07, 6.45) is 0. The minimum absolute atomic E-state index is 0.0796. The fourth-order valence-corrected chi connectivity index (χ4v) is 3.57. The van der Waals surface area contributed by atoms with Gasteiger partial charge in [0.1, 0.15) is 0 Å². The normalized spacial score (nSPS) is 11.0. The van der Waals surface area contributed by atoms with Crippen molar-refractivity contribution in [1.82, 2.24) is 9.88 Å². The molecule has 0 aliphatic rings. The van der Waals surface area contributed by atoms with Crippen molar-refractivity contribution in [2.45, 2.75) is 0 Å². The van der Waals surface area contributed by atoms with E-state index in [2.05, 4.69) is 4.98 Å². The molecule has 0 spiro atoms. The van der Waals surface area contributed by atoms with Crippen LogP contribution in [0.1, 0.15) is 0 Å². The molecule has 1 heterocycles. The van der Waals surface area contributed by atoms with Crippen molar-refractivity contribution in [2.75, 3.05) is 45.8 Å². The summed E-state index contributed by atoms with van der Waals surface area (Å²) in [5.74, 6) is 1.01. The van der Waals surface area contributed by atoms with Crippen LogP contribution in [0.4, 0.5) is 5.13 Å². The Morgan fingerprint density at radius 2 is 1.74 bits per heavy atom. The molecule has 0 saturated carbocycles. The molecule has 1 amide bonds. The Balaban J connectivity index is 1.78. The number of thiazole rings is 1. The fraction of sp³-hybridized carbons (Fsp3) is 0.300. The molecule has 0 atom stereocenters. The molecule has 27 heavy (non-hydrogen) atoms. The van der Waals surface area contributed by atoms with Gasteiger partial charge in [0.05, 0.1) is 17.3 Å². The maximum atomic E-state index is 12.9. The van der Waals surface area contributed by atoms with Crippen LogP contribution in [0.15, 0.2) is 48.5 Å². The Morgan fingerprint density at radius 3 is 2.44 bits per heavy atom. The lowest BCUT2D eigenvalue weighted by Crippen LogP contribution is -2.39. The summed E-state index contributed by atoms with van der Waals surface area (Å²) in [5, 5.41) is 0.687. The Hall–Kier alpha value is -2.64. The number of amides is 1. The summed E-state index contributed by atoms with van der Waals surface area (Å²) in [5.41, 5.74) is 0.894. The average molecular weight is 385 g/mol. The van der Waals surface area contributed by atoms with E-state index in [0.29, 0.717) is 23.2 Å². The molecule has 0 saturated heterocycles. The zero-order chi connectivity index (χ0) is 19.2. The smallest absolute Gasteiger partial charge is 0.266 e. The first kappa shape index (κ1) is 19.1. The van der Waals surface area contributed by atoms with Gasteiger partial charge < -0.3 is 14.4 Å². The second-order valence-corrected chi connectivity index (χ2v) is 7.26. The number of aromatic nitrogens is 1. The minimum atomic E-state index is -0.137. The van der Waals surface area contributed by atoms with Crippen LogP contribution in [0.2, 0.25) is 0 Å². The van der Waals surface area contributed by atoms with Crippen LogP contribution >= 0.6 is 11.3 Å². The van der Waals surface area contributed by atoms with E-state index in [1.54, 1.807) is 24.1 Å². The molecule has 7 heteroatoms. The summed E-state index contributed by atoms with van der Waals surface area (Å²) in [4.78, 5) is 21.3. The Bertz CT molecular complexity index is 877. The molecule has 3 rings (SSSR count). The van der Waals surface area contributed by atoms with E-state index in [1.807, 2.05) is 55.4 Å². The lowest BCUT2D eigenvalue weighted by Gasteiger charge is -2.22. The number of rotatable bonds is 8. The van der Waals surface area contributed by atoms with E-state index < -0.39 is 0 Å². The standard InChI is InChI=1S/C20H23N3O3S/c1-22(2)12-13-23(20-21-15-8-4-7-11-18(15)27-20)19(24)14-26-17-10-6-5-9-16(17)25-3/h4-11H,12-14H2,1-3H3. The van der Waals surface area contributed by atoms with Crippen LogP contribution in [-0.2, 0) is 4.79 Å². The van der Waals surface area contributed by atoms with Crippen molar-refractivity contribution in [3.63, 3.8) is 0 Å². The number of ether oxygens (including phenoxy) is 2. The minimum Gasteiger partial charge on any atom is -0.493 e. The third-order valence-corrected chi connectivity index (χ3v) is 5.06. The molecule has 2 aromatic carbocycles. The van der Waals surface area contributed by atoms with Crippen LogP contribution in [0, 0.1) is 0 Å². The van der Waals surface area contributed by atoms with Crippen LogP contribution in [-0.4, -0.2) is 56.7 Å². The van der Waals surface area contributed by atoms with Gasteiger partial charge in [-0.1, -0.05) is 35.6 Å². The molecule has 0 radical (unpaired) electrons. The zero-order valence-corrected chi connectivity index (χ0v) is 16.5. The maximum Gasteiger partial charge on any atom is 0.266 e. The van der Waals surface area contributed by atoms with Crippen molar-refractivity contribution >= 4 is 32.6 Å². The molecule has 0 N–H and O–H groups in total. The molecule has 1 aromatic heterocycles. The number of fused-ring (bicyclic) bond motifs is 1. The van der Waals surface area contributed by atoms with Crippen molar-refractivity contribution in [1.29, 1.82) is 0 Å². The number of likely N-dealkylation sites (N-methyl/N-ethyl adjacent to an activating group) is 1. The number of carbonyl (C=O) groups excluding carboxylic acids is 1. The lowest BCUT2D eigenvalue weighted by atomic mass is 10.3. The highest BCUT2D eigenvalue weighted by Gasteiger charge is 2.21. The van der Waals surface area contributed by atoms with Gasteiger partial charge in [-0.3, -0.25) is 9.69 Å². The van der Waals surface area contributed by atoms with E-state index in [4.69, 9.17) is 9.47 Å². The first-order valence-corrected chi connectivity index (χ1v) is 9.46. The monoisotopic (exact) mass is 385 g/mol. The number of nitrogens with zero attached hydrogens (tertiary/aromatic N) is 3. The maximum absolute atomic E-state index is 12.9. The molecule has 0 bridgehead atoms. The van der Waals surface area contributed by atoms with Gasteiger partial charge >= 0.3 is 0 Å². The zero-order valence-electron chi connectivity index (χ0n) is 15.7. The molecule has 0 aliphatic carbocycles.